The molecule has 0 spiro atoms. The van der Waals surface area contributed by atoms with E-state index in [4.69, 9.17) is 0 Å². The number of rotatable bonds is 3. The number of allylic oxidation sites excluding steroid dienone is 1. The quantitative estimate of drug-likeness (QED) is 0.584. The Morgan fingerprint density at radius 1 is 1.17 bits per heavy atom. The van der Waals surface area contributed by atoms with Gasteiger partial charge in [-0.1, -0.05) is 32.4 Å². The maximum absolute atomic E-state index is 2.54. The summed E-state index contributed by atoms with van der Waals surface area (Å²) in [5.74, 6) is 0.704. The Bertz CT molecular complexity index is 132. The third-order valence-corrected chi connectivity index (χ3v) is 2.33. The molecule has 1 saturated heterocycles. The summed E-state index contributed by atoms with van der Waals surface area (Å²) in [5, 5.41) is 0. The Hall–Kier alpha value is -0.300. The zero-order chi connectivity index (χ0) is 8.81. The summed E-state index contributed by atoms with van der Waals surface area (Å²) in [6.07, 6.45) is 8.85. The summed E-state index contributed by atoms with van der Waals surface area (Å²) in [6, 6.07) is 0. The van der Waals surface area contributed by atoms with E-state index in [-0.39, 0.29) is 0 Å². The molecule has 0 N–H and O–H groups in total. The summed E-state index contributed by atoms with van der Waals surface area (Å²) in [4.78, 5) is 2.54. The SMILES string of the molecule is CC(C)/C=C\CN1CCCCC1. The van der Waals surface area contributed by atoms with Gasteiger partial charge in [0.05, 0.1) is 0 Å². The van der Waals surface area contributed by atoms with E-state index in [2.05, 4.69) is 30.9 Å². The van der Waals surface area contributed by atoms with Gasteiger partial charge in [-0.25, -0.2) is 0 Å². The van der Waals surface area contributed by atoms with Crippen molar-refractivity contribution in [3.63, 3.8) is 0 Å². The first-order chi connectivity index (χ1) is 5.79. The fourth-order valence-electron chi connectivity index (χ4n) is 1.62. The van der Waals surface area contributed by atoms with Crippen molar-refractivity contribution >= 4 is 0 Å². The van der Waals surface area contributed by atoms with E-state index in [1.54, 1.807) is 0 Å². The monoisotopic (exact) mass is 167 g/mol. The molecular formula is C11H21N. The van der Waals surface area contributed by atoms with E-state index >= 15 is 0 Å². The fraction of sp³-hybridized carbons (Fsp3) is 0.818. The third-order valence-electron chi connectivity index (χ3n) is 2.33. The fourth-order valence-corrected chi connectivity index (χ4v) is 1.62. The molecule has 1 aliphatic rings. The maximum atomic E-state index is 2.54. The van der Waals surface area contributed by atoms with Crippen molar-refractivity contribution in [2.75, 3.05) is 19.6 Å². The first-order valence-electron chi connectivity index (χ1n) is 5.18. The lowest BCUT2D eigenvalue weighted by Crippen LogP contribution is -2.29. The molecule has 0 saturated carbocycles. The first-order valence-corrected chi connectivity index (χ1v) is 5.18. The van der Waals surface area contributed by atoms with Crippen molar-refractivity contribution in [2.24, 2.45) is 5.92 Å². The molecule has 0 atom stereocenters. The molecule has 1 aliphatic heterocycles. The van der Waals surface area contributed by atoms with Gasteiger partial charge in [-0.3, -0.25) is 4.90 Å². The maximum Gasteiger partial charge on any atom is 0.0163 e. The van der Waals surface area contributed by atoms with Crippen LogP contribution in [0.25, 0.3) is 0 Å². The average Bonchev–Trinajstić information content (AvgIpc) is 2.05. The largest absolute Gasteiger partial charge is 0.300 e. The number of hydrogen-bond acceptors (Lipinski definition) is 1. The lowest BCUT2D eigenvalue weighted by Gasteiger charge is -2.24. The lowest BCUT2D eigenvalue weighted by atomic mass is 10.1. The van der Waals surface area contributed by atoms with Crippen LogP contribution in [0.2, 0.25) is 0 Å². The first kappa shape index (κ1) is 9.79. The van der Waals surface area contributed by atoms with Crippen LogP contribution in [0.5, 0.6) is 0 Å². The Morgan fingerprint density at radius 3 is 2.42 bits per heavy atom. The predicted octanol–water partition coefficient (Wildman–Crippen LogP) is 2.68. The van der Waals surface area contributed by atoms with Crippen LogP contribution in [-0.2, 0) is 0 Å². The summed E-state index contributed by atoms with van der Waals surface area (Å²) >= 11 is 0. The van der Waals surface area contributed by atoms with Crippen molar-refractivity contribution in [3.8, 4) is 0 Å². The molecule has 70 valence electrons. The average molecular weight is 167 g/mol. The topological polar surface area (TPSA) is 3.24 Å². The highest BCUT2D eigenvalue weighted by atomic mass is 15.1. The van der Waals surface area contributed by atoms with Gasteiger partial charge in [-0.05, 0) is 31.8 Å². The van der Waals surface area contributed by atoms with Crippen LogP contribution in [0.3, 0.4) is 0 Å². The second-order valence-corrected chi connectivity index (χ2v) is 4.03. The van der Waals surface area contributed by atoms with Crippen molar-refractivity contribution in [2.45, 2.75) is 33.1 Å². The standard InChI is InChI=1S/C11H21N/c1-11(2)7-6-10-12-8-4-3-5-9-12/h6-7,11H,3-5,8-10H2,1-2H3/b7-6-. The highest BCUT2D eigenvalue weighted by molar-refractivity contribution is 4.87. The Kier molecular flexibility index (Phi) is 4.37. The minimum Gasteiger partial charge on any atom is -0.300 e. The van der Waals surface area contributed by atoms with Crippen LogP contribution < -0.4 is 0 Å². The van der Waals surface area contributed by atoms with Crippen LogP contribution in [0.15, 0.2) is 12.2 Å². The second-order valence-electron chi connectivity index (χ2n) is 4.03. The van der Waals surface area contributed by atoms with Crippen LogP contribution in [0.1, 0.15) is 33.1 Å². The van der Waals surface area contributed by atoms with Crippen LogP contribution >= 0.6 is 0 Å². The summed E-state index contributed by atoms with van der Waals surface area (Å²) in [5.41, 5.74) is 0. The molecule has 1 rings (SSSR count). The smallest absolute Gasteiger partial charge is 0.0163 e. The Balaban J connectivity index is 2.12. The van der Waals surface area contributed by atoms with Crippen LogP contribution in [0, 0.1) is 5.92 Å². The van der Waals surface area contributed by atoms with Gasteiger partial charge in [0.25, 0.3) is 0 Å². The van der Waals surface area contributed by atoms with E-state index in [1.807, 2.05) is 0 Å². The van der Waals surface area contributed by atoms with E-state index in [0.29, 0.717) is 5.92 Å². The molecule has 0 radical (unpaired) electrons. The molecular weight excluding hydrogens is 146 g/mol. The minimum atomic E-state index is 0.704. The van der Waals surface area contributed by atoms with Gasteiger partial charge in [0.1, 0.15) is 0 Å². The molecule has 0 aromatic carbocycles. The predicted molar refractivity (Wildman–Crippen MR) is 54.3 cm³/mol. The van der Waals surface area contributed by atoms with E-state index < -0.39 is 0 Å². The molecule has 0 aromatic heterocycles. The molecule has 1 heteroatoms. The summed E-state index contributed by atoms with van der Waals surface area (Å²) in [7, 11) is 0. The molecule has 1 heterocycles. The normalized spacial score (nSPS) is 20.9. The molecule has 0 aliphatic carbocycles. The zero-order valence-electron chi connectivity index (χ0n) is 8.42. The van der Waals surface area contributed by atoms with E-state index in [1.165, 1.54) is 32.4 Å². The molecule has 12 heavy (non-hydrogen) atoms. The second kappa shape index (κ2) is 5.36. The Morgan fingerprint density at radius 2 is 1.83 bits per heavy atom. The highest BCUT2D eigenvalue weighted by Crippen LogP contribution is 2.08. The van der Waals surface area contributed by atoms with Crippen molar-refractivity contribution < 1.29 is 0 Å². The van der Waals surface area contributed by atoms with Crippen molar-refractivity contribution in [1.29, 1.82) is 0 Å². The van der Waals surface area contributed by atoms with Gasteiger partial charge in [0.15, 0.2) is 0 Å². The van der Waals surface area contributed by atoms with E-state index in [9.17, 15) is 0 Å². The van der Waals surface area contributed by atoms with Gasteiger partial charge in [0, 0.05) is 6.54 Å². The molecule has 1 fully saturated rings. The number of nitrogens with zero attached hydrogens (tertiary/aromatic N) is 1. The van der Waals surface area contributed by atoms with E-state index in [0.717, 1.165) is 6.54 Å². The summed E-state index contributed by atoms with van der Waals surface area (Å²) < 4.78 is 0. The van der Waals surface area contributed by atoms with Crippen LogP contribution in [-0.4, -0.2) is 24.5 Å². The van der Waals surface area contributed by atoms with Crippen molar-refractivity contribution in [1.82, 2.24) is 4.90 Å². The molecule has 0 aromatic rings. The highest BCUT2D eigenvalue weighted by Gasteiger charge is 2.07. The lowest BCUT2D eigenvalue weighted by molar-refractivity contribution is 0.251. The van der Waals surface area contributed by atoms with Gasteiger partial charge in [0.2, 0.25) is 0 Å². The summed E-state index contributed by atoms with van der Waals surface area (Å²) in [6.45, 7) is 8.24. The molecule has 0 bridgehead atoms. The van der Waals surface area contributed by atoms with Crippen LogP contribution in [0.4, 0.5) is 0 Å². The number of hydrogen-bond donors (Lipinski definition) is 0. The third kappa shape index (κ3) is 3.91. The number of likely N-dealkylation sites (tertiary alicyclic amines) is 1. The minimum absolute atomic E-state index is 0.704. The van der Waals surface area contributed by atoms with Gasteiger partial charge in [-0.2, -0.15) is 0 Å². The van der Waals surface area contributed by atoms with Gasteiger partial charge < -0.3 is 0 Å². The van der Waals surface area contributed by atoms with Gasteiger partial charge >= 0.3 is 0 Å². The molecule has 0 unspecified atom stereocenters. The van der Waals surface area contributed by atoms with Crippen molar-refractivity contribution in [3.05, 3.63) is 12.2 Å². The zero-order valence-corrected chi connectivity index (χ0v) is 8.42. The van der Waals surface area contributed by atoms with Gasteiger partial charge in [-0.15, -0.1) is 0 Å². The molecule has 0 amide bonds. The number of piperidine rings is 1. The Labute approximate surface area is 76.5 Å². The molecule has 1 nitrogen and oxygen atoms in total.